The molecule has 72 heavy (non-hydrogen) atoms. The Hall–Kier alpha value is -9.50. The van der Waals surface area contributed by atoms with Crippen LogP contribution in [0.4, 0.5) is 34.1 Å². The zero-order valence-electron chi connectivity index (χ0n) is 39.8. The first kappa shape index (κ1) is 43.8. The highest BCUT2D eigenvalue weighted by molar-refractivity contribution is 5.94. The topological polar surface area (TPSA) is 6.48 Å². The highest BCUT2D eigenvalue weighted by Gasteiger charge is 2.16. The molecule has 2 heteroatoms. The van der Waals surface area contributed by atoms with E-state index in [1.807, 2.05) is 0 Å². The third-order valence-corrected chi connectivity index (χ3v) is 13.6. The number of benzene rings is 12. The Bertz CT molecular complexity index is 3370. The molecule has 12 aromatic carbocycles. The van der Waals surface area contributed by atoms with E-state index in [0.29, 0.717) is 0 Å². The molecule has 0 aliphatic heterocycles. The van der Waals surface area contributed by atoms with Gasteiger partial charge >= 0.3 is 0 Å². The van der Waals surface area contributed by atoms with Gasteiger partial charge in [-0.15, -0.1) is 0 Å². The number of anilines is 6. The molecular formula is C70H50N2. The summed E-state index contributed by atoms with van der Waals surface area (Å²) in [5.74, 6) is 0. The van der Waals surface area contributed by atoms with Crippen molar-refractivity contribution in [2.75, 3.05) is 9.80 Å². The minimum Gasteiger partial charge on any atom is -0.310 e. The molecule has 2 nitrogen and oxygen atoms in total. The molecular weight excluding hydrogens is 869 g/mol. The van der Waals surface area contributed by atoms with Gasteiger partial charge in [-0.1, -0.05) is 218 Å². The highest BCUT2D eigenvalue weighted by atomic mass is 15.1. The Kier molecular flexibility index (Phi) is 12.1. The van der Waals surface area contributed by atoms with Crippen LogP contribution in [0, 0.1) is 0 Å². The Balaban J connectivity index is 0.814. The van der Waals surface area contributed by atoms with Crippen LogP contribution < -0.4 is 9.80 Å². The number of hydrogen-bond donors (Lipinski definition) is 0. The molecule has 0 saturated heterocycles. The van der Waals surface area contributed by atoms with Crippen molar-refractivity contribution in [3.63, 3.8) is 0 Å². The summed E-state index contributed by atoms with van der Waals surface area (Å²) in [6, 6.07) is 105. The molecule has 0 unspecified atom stereocenters. The number of nitrogens with zero attached hydrogens (tertiary/aromatic N) is 2. The first-order valence-corrected chi connectivity index (χ1v) is 24.6. The van der Waals surface area contributed by atoms with Crippen LogP contribution in [0.3, 0.4) is 0 Å². The van der Waals surface area contributed by atoms with Gasteiger partial charge in [0.25, 0.3) is 0 Å². The predicted molar refractivity (Wildman–Crippen MR) is 308 cm³/mol. The lowest BCUT2D eigenvalue weighted by atomic mass is 10.0. The van der Waals surface area contributed by atoms with Crippen LogP contribution in [0.25, 0.3) is 78.2 Å². The Morgan fingerprint density at radius 2 is 0.403 bits per heavy atom. The van der Waals surface area contributed by atoms with Gasteiger partial charge in [-0.2, -0.15) is 0 Å². The lowest BCUT2D eigenvalue weighted by molar-refractivity contribution is 1.29. The van der Waals surface area contributed by atoms with Gasteiger partial charge in [0.05, 0.1) is 0 Å². The van der Waals surface area contributed by atoms with Gasteiger partial charge in [-0.3, -0.25) is 0 Å². The fourth-order valence-corrected chi connectivity index (χ4v) is 9.81. The van der Waals surface area contributed by atoms with Gasteiger partial charge in [0.2, 0.25) is 0 Å². The summed E-state index contributed by atoms with van der Waals surface area (Å²) in [5.41, 5.74) is 18.6. The number of rotatable bonds is 12. The average Bonchev–Trinajstić information content (AvgIpc) is 3.46. The van der Waals surface area contributed by atoms with E-state index in [0.717, 1.165) is 45.3 Å². The van der Waals surface area contributed by atoms with Gasteiger partial charge in [0, 0.05) is 34.1 Å². The van der Waals surface area contributed by atoms with Crippen molar-refractivity contribution in [2.45, 2.75) is 0 Å². The average molecular weight is 919 g/mol. The Morgan fingerprint density at radius 3 is 0.681 bits per heavy atom. The fourth-order valence-electron chi connectivity index (χ4n) is 9.81. The van der Waals surface area contributed by atoms with Crippen LogP contribution in [0.1, 0.15) is 11.1 Å². The third kappa shape index (κ3) is 9.33. The minimum absolute atomic E-state index is 1.10. The molecule has 0 radical (unpaired) electrons. The molecule has 0 aliphatic carbocycles. The Labute approximate surface area is 422 Å². The van der Waals surface area contributed by atoms with E-state index >= 15 is 0 Å². The molecule has 0 aliphatic rings. The maximum Gasteiger partial charge on any atom is 0.0468 e. The van der Waals surface area contributed by atoms with Crippen molar-refractivity contribution in [1.29, 1.82) is 0 Å². The van der Waals surface area contributed by atoms with Gasteiger partial charge in [0.15, 0.2) is 0 Å². The Morgan fingerprint density at radius 1 is 0.181 bits per heavy atom. The highest BCUT2D eigenvalue weighted by Crippen LogP contribution is 2.40. The van der Waals surface area contributed by atoms with Gasteiger partial charge < -0.3 is 9.80 Å². The summed E-state index contributed by atoms with van der Waals surface area (Å²) in [4.78, 5) is 4.70. The van der Waals surface area contributed by atoms with E-state index in [1.165, 1.54) is 66.1 Å². The second-order valence-electron chi connectivity index (χ2n) is 18.2. The summed E-state index contributed by atoms with van der Waals surface area (Å²) in [6.45, 7) is 0. The van der Waals surface area contributed by atoms with Crippen LogP contribution in [-0.4, -0.2) is 0 Å². The van der Waals surface area contributed by atoms with Crippen molar-refractivity contribution in [3.8, 4) is 44.5 Å². The summed E-state index contributed by atoms with van der Waals surface area (Å²) in [7, 11) is 0. The van der Waals surface area contributed by atoms with Crippen LogP contribution >= 0.6 is 0 Å². The maximum absolute atomic E-state index is 2.35. The molecule has 0 bridgehead atoms. The summed E-state index contributed by atoms with van der Waals surface area (Å²) < 4.78 is 0. The van der Waals surface area contributed by atoms with E-state index in [2.05, 4.69) is 313 Å². The van der Waals surface area contributed by atoms with Gasteiger partial charge in [-0.25, -0.2) is 0 Å². The first-order valence-electron chi connectivity index (χ1n) is 24.6. The zero-order chi connectivity index (χ0) is 48.1. The third-order valence-electron chi connectivity index (χ3n) is 13.6. The van der Waals surface area contributed by atoms with Crippen LogP contribution in [0.15, 0.2) is 291 Å². The second-order valence-corrected chi connectivity index (χ2v) is 18.2. The SMILES string of the molecule is C(=C\c1ccc2cc(N(c3ccc(-c4ccccc4)cc3)c3ccc(-c4ccccc4)cc3)ccc2c1)/c1ccc2cc(N(c3ccc(-c4ccccc4)cc3)c3ccc(-c4ccccc4)cc3)ccc2c1. The smallest absolute Gasteiger partial charge is 0.0468 e. The maximum atomic E-state index is 2.35. The van der Waals surface area contributed by atoms with Gasteiger partial charge in [0.1, 0.15) is 0 Å². The normalized spacial score (nSPS) is 11.3. The molecule has 0 aromatic heterocycles. The standard InChI is InChI=1S/C70H50N2/c1-5-13-53(14-6-1)57-27-37-65(38-28-57)71(66-39-29-58(30-40-66)54-15-7-2-8-16-54)69-45-35-61-47-51(23-25-63(61)49-69)21-22-52-24-26-64-50-70(46-36-62(64)48-52)72(67-41-31-59(32-42-67)55-17-9-3-10-18-55)68-43-33-60(34-44-68)56-19-11-4-12-20-56/h1-50H/b22-21+. The van der Waals surface area contributed by atoms with Crippen molar-refractivity contribution in [2.24, 2.45) is 0 Å². The molecule has 0 N–H and O–H groups in total. The van der Waals surface area contributed by atoms with Crippen molar-refractivity contribution < 1.29 is 0 Å². The van der Waals surface area contributed by atoms with E-state index < -0.39 is 0 Å². The molecule has 0 spiro atoms. The minimum atomic E-state index is 1.10. The monoisotopic (exact) mass is 918 g/mol. The number of fused-ring (bicyclic) bond motifs is 2. The molecule has 0 heterocycles. The summed E-state index contributed by atoms with van der Waals surface area (Å²) in [5, 5.41) is 4.76. The molecule has 12 rings (SSSR count). The summed E-state index contributed by atoms with van der Waals surface area (Å²) in [6.07, 6.45) is 4.44. The van der Waals surface area contributed by atoms with Gasteiger partial charge in [-0.05, 0) is 162 Å². The van der Waals surface area contributed by atoms with E-state index in [1.54, 1.807) is 0 Å². The lowest BCUT2D eigenvalue weighted by Gasteiger charge is -2.26. The second kappa shape index (κ2) is 19.8. The zero-order valence-corrected chi connectivity index (χ0v) is 39.8. The molecule has 0 amide bonds. The molecule has 340 valence electrons. The molecule has 0 saturated carbocycles. The predicted octanol–water partition coefficient (Wildman–Crippen LogP) is 19.8. The number of hydrogen-bond acceptors (Lipinski definition) is 2. The van der Waals surface area contributed by atoms with Crippen molar-refractivity contribution >= 4 is 67.8 Å². The van der Waals surface area contributed by atoms with E-state index in [9.17, 15) is 0 Å². The molecule has 0 fully saturated rings. The van der Waals surface area contributed by atoms with Crippen molar-refractivity contribution in [1.82, 2.24) is 0 Å². The van der Waals surface area contributed by atoms with Crippen LogP contribution in [-0.2, 0) is 0 Å². The lowest BCUT2D eigenvalue weighted by Crippen LogP contribution is -2.09. The quantitative estimate of drug-likeness (QED) is 0.113. The van der Waals surface area contributed by atoms with E-state index in [4.69, 9.17) is 0 Å². The summed E-state index contributed by atoms with van der Waals surface area (Å²) >= 11 is 0. The molecule has 12 aromatic rings. The fraction of sp³-hybridized carbons (Fsp3) is 0. The van der Waals surface area contributed by atoms with Crippen molar-refractivity contribution in [3.05, 3.63) is 302 Å². The molecule has 0 atom stereocenters. The first-order chi connectivity index (χ1) is 35.6. The van der Waals surface area contributed by atoms with E-state index in [-0.39, 0.29) is 0 Å². The van der Waals surface area contributed by atoms with Crippen LogP contribution in [0.2, 0.25) is 0 Å². The van der Waals surface area contributed by atoms with Crippen LogP contribution in [0.5, 0.6) is 0 Å². The largest absolute Gasteiger partial charge is 0.310 e.